The van der Waals surface area contributed by atoms with Gasteiger partial charge in [-0.3, -0.25) is 4.79 Å². The molecule has 0 spiro atoms. The first-order valence-corrected chi connectivity index (χ1v) is 7.39. The van der Waals surface area contributed by atoms with Crippen LogP contribution < -0.4 is 4.74 Å². The highest BCUT2D eigenvalue weighted by atomic mass is 32.2. The van der Waals surface area contributed by atoms with Crippen LogP contribution in [0.25, 0.3) is 11.5 Å². The SMILES string of the molecule is COc1cccc(-c2nnc(SCCC(=O)N(C)C)o2)c1. The van der Waals surface area contributed by atoms with Crippen molar-refractivity contribution in [2.45, 2.75) is 11.6 Å². The Hall–Kier alpha value is -2.02. The van der Waals surface area contributed by atoms with E-state index in [9.17, 15) is 4.79 Å². The van der Waals surface area contributed by atoms with Crippen LogP contribution in [0.2, 0.25) is 0 Å². The molecule has 0 aliphatic heterocycles. The summed E-state index contributed by atoms with van der Waals surface area (Å²) in [6, 6.07) is 7.42. The highest BCUT2D eigenvalue weighted by Gasteiger charge is 2.11. The fourth-order valence-corrected chi connectivity index (χ4v) is 2.28. The van der Waals surface area contributed by atoms with Crippen LogP contribution in [0.1, 0.15) is 6.42 Å². The first-order valence-electron chi connectivity index (χ1n) is 6.41. The molecule has 2 rings (SSSR count). The van der Waals surface area contributed by atoms with Crippen LogP contribution >= 0.6 is 11.8 Å². The second-order valence-electron chi connectivity index (χ2n) is 4.49. The number of methoxy groups -OCH3 is 1. The van der Waals surface area contributed by atoms with Gasteiger partial charge in [0.25, 0.3) is 5.22 Å². The van der Waals surface area contributed by atoms with Gasteiger partial charge in [-0.15, -0.1) is 10.2 Å². The summed E-state index contributed by atoms with van der Waals surface area (Å²) in [5.41, 5.74) is 0.804. The Labute approximate surface area is 127 Å². The zero-order valence-corrected chi connectivity index (χ0v) is 13.0. The number of carbonyl (C=O) groups is 1. The monoisotopic (exact) mass is 307 g/mol. The molecule has 1 aromatic carbocycles. The first-order chi connectivity index (χ1) is 10.1. The lowest BCUT2D eigenvalue weighted by atomic mass is 10.2. The maximum Gasteiger partial charge on any atom is 0.276 e. The number of amides is 1. The molecule has 0 atom stereocenters. The zero-order chi connectivity index (χ0) is 15.2. The molecule has 0 aliphatic rings. The summed E-state index contributed by atoms with van der Waals surface area (Å²) in [4.78, 5) is 13.0. The summed E-state index contributed by atoms with van der Waals surface area (Å²) >= 11 is 1.37. The zero-order valence-electron chi connectivity index (χ0n) is 12.2. The smallest absolute Gasteiger partial charge is 0.276 e. The van der Waals surface area contributed by atoms with E-state index in [4.69, 9.17) is 9.15 Å². The van der Waals surface area contributed by atoms with Gasteiger partial charge in [0, 0.05) is 31.8 Å². The van der Waals surface area contributed by atoms with Crippen molar-refractivity contribution in [3.63, 3.8) is 0 Å². The van der Waals surface area contributed by atoms with Gasteiger partial charge in [-0.2, -0.15) is 0 Å². The van der Waals surface area contributed by atoms with Gasteiger partial charge in [-0.25, -0.2) is 0 Å². The lowest BCUT2D eigenvalue weighted by Crippen LogP contribution is -2.21. The van der Waals surface area contributed by atoms with Crippen molar-refractivity contribution in [3.8, 4) is 17.2 Å². The molecular weight excluding hydrogens is 290 g/mol. The Kier molecular flexibility index (Phi) is 5.21. The van der Waals surface area contributed by atoms with Crippen molar-refractivity contribution >= 4 is 17.7 Å². The molecule has 0 fully saturated rings. The number of nitrogens with zero attached hydrogens (tertiary/aromatic N) is 3. The molecule has 0 saturated carbocycles. The van der Waals surface area contributed by atoms with Crippen LogP contribution in [0, 0.1) is 0 Å². The third-order valence-electron chi connectivity index (χ3n) is 2.76. The Bertz CT molecular complexity index is 613. The topological polar surface area (TPSA) is 68.5 Å². The molecule has 1 heterocycles. The summed E-state index contributed by atoms with van der Waals surface area (Å²) in [6.07, 6.45) is 0.439. The number of benzene rings is 1. The summed E-state index contributed by atoms with van der Waals surface area (Å²) in [5.74, 6) is 1.86. The maximum absolute atomic E-state index is 11.5. The van der Waals surface area contributed by atoms with Gasteiger partial charge in [-0.1, -0.05) is 17.8 Å². The molecular formula is C14H17N3O3S. The molecule has 0 aliphatic carbocycles. The Balaban J connectivity index is 1.96. The van der Waals surface area contributed by atoms with E-state index in [1.807, 2.05) is 24.3 Å². The number of rotatable bonds is 6. The van der Waals surface area contributed by atoms with Gasteiger partial charge < -0.3 is 14.1 Å². The molecule has 1 amide bonds. The fourth-order valence-electron chi connectivity index (χ4n) is 1.59. The van der Waals surface area contributed by atoms with Gasteiger partial charge in [-0.05, 0) is 18.2 Å². The minimum absolute atomic E-state index is 0.0787. The Morgan fingerprint density at radius 1 is 1.38 bits per heavy atom. The quantitative estimate of drug-likeness (QED) is 0.763. The van der Waals surface area contributed by atoms with Gasteiger partial charge in [0.05, 0.1) is 7.11 Å². The van der Waals surface area contributed by atoms with E-state index in [1.165, 1.54) is 11.8 Å². The van der Waals surface area contributed by atoms with Crippen molar-refractivity contribution in [2.24, 2.45) is 0 Å². The van der Waals surface area contributed by atoms with Crippen LogP contribution in [0.3, 0.4) is 0 Å². The van der Waals surface area contributed by atoms with Crippen LogP contribution in [0.4, 0.5) is 0 Å². The molecule has 0 unspecified atom stereocenters. The highest BCUT2D eigenvalue weighted by Crippen LogP contribution is 2.26. The molecule has 112 valence electrons. The second kappa shape index (κ2) is 7.12. The number of aromatic nitrogens is 2. The predicted molar refractivity (Wildman–Crippen MR) is 80.3 cm³/mol. The lowest BCUT2D eigenvalue weighted by molar-refractivity contribution is -0.128. The molecule has 0 bridgehead atoms. The fraction of sp³-hybridized carbons (Fsp3) is 0.357. The van der Waals surface area contributed by atoms with Gasteiger partial charge in [0.2, 0.25) is 11.8 Å². The predicted octanol–water partition coefficient (Wildman–Crippen LogP) is 2.32. The van der Waals surface area contributed by atoms with Crippen molar-refractivity contribution in [1.29, 1.82) is 0 Å². The van der Waals surface area contributed by atoms with E-state index in [0.29, 0.717) is 23.3 Å². The van der Waals surface area contributed by atoms with E-state index in [1.54, 1.807) is 26.1 Å². The summed E-state index contributed by atoms with van der Waals surface area (Å²) in [6.45, 7) is 0. The van der Waals surface area contributed by atoms with Crippen LogP contribution in [0.15, 0.2) is 33.9 Å². The molecule has 6 nitrogen and oxygen atoms in total. The standard InChI is InChI=1S/C14H17N3O3S/c1-17(2)12(18)7-8-21-14-16-15-13(20-14)10-5-4-6-11(9-10)19-3/h4-6,9H,7-8H2,1-3H3. The van der Waals surface area contributed by atoms with Crippen LogP contribution in [0.5, 0.6) is 5.75 Å². The third-order valence-corrected chi connectivity index (χ3v) is 3.58. The molecule has 0 N–H and O–H groups in total. The molecule has 1 aromatic heterocycles. The lowest BCUT2D eigenvalue weighted by Gasteiger charge is -2.08. The Morgan fingerprint density at radius 2 is 2.19 bits per heavy atom. The number of hydrogen-bond donors (Lipinski definition) is 0. The number of hydrogen-bond acceptors (Lipinski definition) is 6. The van der Waals surface area contributed by atoms with Crippen LogP contribution in [-0.2, 0) is 4.79 Å². The van der Waals surface area contributed by atoms with Gasteiger partial charge in [0.1, 0.15) is 5.75 Å². The maximum atomic E-state index is 11.5. The number of thioether (sulfide) groups is 1. The van der Waals surface area contributed by atoms with E-state index in [-0.39, 0.29) is 5.91 Å². The van der Waals surface area contributed by atoms with Crippen molar-refractivity contribution in [2.75, 3.05) is 27.0 Å². The highest BCUT2D eigenvalue weighted by molar-refractivity contribution is 7.99. The average molecular weight is 307 g/mol. The van der Waals surface area contributed by atoms with Crippen molar-refractivity contribution < 1.29 is 13.9 Å². The second-order valence-corrected chi connectivity index (χ2v) is 5.54. The van der Waals surface area contributed by atoms with Crippen molar-refractivity contribution in [1.82, 2.24) is 15.1 Å². The molecule has 0 radical (unpaired) electrons. The normalized spacial score (nSPS) is 10.4. The van der Waals surface area contributed by atoms with Gasteiger partial charge in [0.15, 0.2) is 0 Å². The number of ether oxygens (including phenoxy) is 1. The minimum Gasteiger partial charge on any atom is -0.497 e. The largest absolute Gasteiger partial charge is 0.497 e. The van der Waals surface area contributed by atoms with E-state index < -0.39 is 0 Å². The molecule has 0 saturated heterocycles. The minimum atomic E-state index is 0.0787. The molecule has 2 aromatic rings. The third kappa shape index (κ3) is 4.22. The van der Waals surface area contributed by atoms with E-state index >= 15 is 0 Å². The van der Waals surface area contributed by atoms with E-state index in [0.717, 1.165) is 11.3 Å². The average Bonchev–Trinajstić information content (AvgIpc) is 2.96. The van der Waals surface area contributed by atoms with E-state index in [2.05, 4.69) is 10.2 Å². The number of carbonyl (C=O) groups excluding carboxylic acids is 1. The summed E-state index contributed by atoms with van der Waals surface area (Å²) < 4.78 is 10.7. The van der Waals surface area contributed by atoms with Crippen molar-refractivity contribution in [3.05, 3.63) is 24.3 Å². The summed E-state index contributed by atoms with van der Waals surface area (Å²) in [5, 5.41) is 8.43. The molecule has 7 heteroatoms. The van der Waals surface area contributed by atoms with Crippen LogP contribution in [-0.4, -0.2) is 48.0 Å². The molecule has 21 heavy (non-hydrogen) atoms. The summed E-state index contributed by atoms with van der Waals surface area (Å²) in [7, 11) is 5.08. The van der Waals surface area contributed by atoms with Gasteiger partial charge >= 0.3 is 0 Å². The Morgan fingerprint density at radius 3 is 2.90 bits per heavy atom. The first kappa shape index (κ1) is 15.4.